The molecule has 0 aliphatic carbocycles. The first-order valence-electron chi connectivity index (χ1n) is 3.63. The van der Waals surface area contributed by atoms with Crippen molar-refractivity contribution in [2.75, 3.05) is 0 Å². The van der Waals surface area contributed by atoms with Crippen molar-refractivity contribution in [1.82, 2.24) is 19.5 Å². The number of hydrogen-bond acceptors (Lipinski definition) is 2. The highest BCUT2D eigenvalue weighted by atomic mass is 15.5. The lowest BCUT2D eigenvalue weighted by atomic mass is 10.5. The van der Waals surface area contributed by atoms with E-state index in [4.69, 9.17) is 0 Å². The molecule has 0 aromatic carbocycles. The Bertz CT molecular complexity index is 373. The van der Waals surface area contributed by atoms with Gasteiger partial charge in [-0.2, -0.15) is 19.5 Å². The second kappa shape index (κ2) is 3.04. The van der Waals surface area contributed by atoms with Crippen molar-refractivity contribution in [2.24, 2.45) is 0 Å². The van der Waals surface area contributed by atoms with Crippen molar-refractivity contribution < 1.29 is 0 Å². The Morgan fingerprint density at radius 3 is 1.67 bits per heavy atom. The topological polar surface area (TPSA) is 34.6 Å². The highest BCUT2D eigenvalue weighted by Crippen LogP contribution is 1.81. The third-order valence-corrected chi connectivity index (χ3v) is 1.42. The van der Waals surface area contributed by atoms with Crippen LogP contribution in [-0.4, -0.2) is 19.5 Å². The molecule has 0 aliphatic rings. The Hall–Kier alpha value is -1.84. The van der Waals surface area contributed by atoms with Crippen molar-refractivity contribution in [3.8, 4) is 0 Å². The monoisotopic (exact) mass is 160 g/mol. The van der Waals surface area contributed by atoms with Gasteiger partial charge < -0.3 is 0 Å². The van der Waals surface area contributed by atoms with E-state index in [0.29, 0.717) is 0 Å². The minimum absolute atomic E-state index is 1.64. The molecule has 0 saturated carbocycles. The molecule has 2 heterocycles. The highest BCUT2D eigenvalue weighted by Gasteiger charge is 1.79. The number of fused-ring (bicyclic) bond motifs is 1. The van der Waals surface area contributed by atoms with Crippen LogP contribution in [0.2, 0.25) is 0 Å². The summed E-state index contributed by atoms with van der Waals surface area (Å²) in [5.74, 6) is 0. The SMILES string of the molecule is c1cccn2nccnn2cc1. The number of nitrogens with zero attached hydrogens (tertiary/aromatic N) is 4. The van der Waals surface area contributed by atoms with Gasteiger partial charge in [-0.05, 0) is 12.1 Å². The van der Waals surface area contributed by atoms with Gasteiger partial charge in [-0.1, -0.05) is 12.1 Å². The van der Waals surface area contributed by atoms with Crippen LogP contribution in [-0.2, 0) is 0 Å². The maximum absolute atomic E-state index is 4.07. The zero-order chi connectivity index (χ0) is 8.23. The Morgan fingerprint density at radius 2 is 1.17 bits per heavy atom. The van der Waals surface area contributed by atoms with E-state index in [-0.39, 0.29) is 0 Å². The molecule has 60 valence electrons. The summed E-state index contributed by atoms with van der Waals surface area (Å²) in [6.45, 7) is 0. The van der Waals surface area contributed by atoms with Crippen molar-refractivity contribution in [3.05, 3.63) is 49.1 Å². The van der Waals surface area contributed by atoms with E-state index in [1.807, 2.05) is 36.7 Å². The van der Waals surface area contributed by atoms with E-state index in [9.17, 15) is 0 Å². The Kier molecular flexibility index (Phi) is 1.74. The van der Waals surface area contributed by atoms with Crippen LogP contribution in [0.5, 0.6) is 0 Å². The summed E-state index contributed by atoms with van der Waals surface area (Å²) in [6.07, 6.45) is 6.93. The first kappa shape index (κ1) is 6.84. The summed E-state index contributed by atoms with van der Waals surface area (Å²) in [7, 11) is 0. The number of aromatic nitrogens is 4. The fourth-order valence-corrected chi connectivity index (χ4v) is 0.897. The Labute approximate surface area is 69.4 Å². The lowest BCUT2D eigenvalue weighted by molar-refractivity contribution is 0.592. The van der Waals surface area contributed by atoms with Crippen molar-refractivity contribution in [3.63, 3.8) is 0 Å². The van der Waals surface area contributed by atoms with E-state index >= 15 is 0 Å². The average molecular weight is 160 g/mol. The zero-order valence-corrected chi connectivity index (χ0v) is 6.41. The van der Waals surface area contributed by atoms with Gasteiger partial charge in [-0.15, -0.1) is 0 Å². The lowest BCUT2D eigenvalue weighted by Crippen LogP contribution is -2.04. The standard InChI is InChI=1S/C8H8N4/c1-2-4-8-12-10-6-5-9-11(12)7-3-1/h1-8H. The van der Waals surface area contributed by atoms with E-state index in [1.54, 1.807) is 21.7 Å². The summed E-state index contributed by atoms with van der Waals surface area (Å²) in [5, 5.41) is 8.13. The first-order chi connectivity index (χ1) is 5.97. The lowest BCUT2D eigenvalue weighted by Gasteiger charge is -1.96. The van der Waals surface area contributed by atoms with Gasteiger partial charge in [0.15, 0.2) is 0 Å². The second-order valence-electron chi connectivity index (χ2n) is 2.24. The second-order valence-corrected chi connectivity index (χ2v) is 2.24. The van der Waals surface area contributed by atoms with Gasteiger partial charge in [0.25, 0.3) is 0 Å². The van der Waals surface area contributed by atoms with Gasteiger partial charge in [-0.3, -0.25) is 0 Å². The molecule has 0 unspecified atom stereocenters. The molecule has 0 spiro atoms. The fourth-order valence-electron chi connectivity index (χ4n) is 0.897. The molecule has 0 saturated heterocycles. The van der Waals surface area contributed by atoms with Gasteiger partial charge in [-0.25, -0.2) is 0 Å². The van der Waals surface area contributed by atoms with Crippen LogP contribution >= 0.6 is 0 Å². The molecule has 0 atom stereocenters. The summed E-state index contributed by atoms with van der Waals surface area (Å²) in [6, 6.07) is 7.66. The Balaban J connectivity index is 2.83. The zero-order valence-electron chi connectivity index (χ0n) is 6.41. The molecule has 0 bridgehead atoms. The molecule has 0 N–H and O–H groups in total. The number of rotatable bonds is 0. The largest absolute Gasteiger partial charge is 0.159 e. The number of hydrogen-bond donors (Lipinski definition) is 0. The fraction of sp³-hybridized carbons (Fsp3) is 0. The Morgan fingerprint density at radius 1 is 0.667 bits per heavy atom. The van der Waals surface area contributed by atoms with Crippen LogP contribution in [0.4, 0.5) is 0 Å². The van der Waals surface area contributed by atoms with Gasteiger partial charge in [0, 0.05) is 12.4 Å². The van der Waals surface area contributed by atoms with E-state index in [1.165, 1.54) is 0 Å². The summed E-state index contributed by atoms with van der Waals surface area (Å²) in [4.78, 5) is 0. The molecule has 0 fully saturated rings. The third-order valence-electron chi connectivity index (χ3n) is 1.42. The molecule has 2 aromatic heterocycles. The quantitative estimate of drug-likeness (QED) is 0.575. The van der Waals surface area contributed by atoms with Gasteiger partial charge in [0.1, 0.15) is 0 Å². The highest BCUT2D eigenvalue weighted by molar-refractivity contribution is 4.89. The molecular formula is C8H8N4. The molecule has 2 aromatic rings. The molecule has 0 amide bonds. The average Bonchev–Trinajstić information content (AvgIpc) is 2.06. The summed E-state index contributed by atoms with van der Waals surface area (Å²) < 4.78 is 3.28. The minimum atomic E-state index is 1.64. The molecule has 0 aliphatic heterocycles. The van der Waals surface area contributed by atoms with Crippen LogP contribution in [0.1, 0.15) is 0 Å². The molecular weight excluding hydrogens is 152 g/mol. The predicted molar refractivity (Wildman–Crippen MR) is 44.1 cm³/mol. The van der Waals surface area contributed by atoms with Crippen LogP contribution in [0, 0.1) is 0 Å². The predicted octanol–water partition coefficient (Wildman–Crippen LogP) is 0.953. The first-order valence-corrected chi connectivity index (χ1v) is 3.63. The van der Waals surface area contributed by atoms with E-state index in [0.717, 1.165) is 0 Å². The van der Waals surface area contributed by atoms with Gasteiger partial charge in [0.2, 0.25) is 0 Å². The van der Waals surface area contributed by atoms with Crippen molar-refractivity contribution >= 4 is 0 Å². The van der Waals surface area contributed by atoms with Gasteiger partial charge >= 0.3 is 0 Å². The molecule has 4 heteroatoms. The maximum atomic E-state index is 4.07. The smallest absolute Gasteiger partial charge is 0.0697 e. The van der Waals surface area contributed by atoms with Crippen LogP contribution in [0.25, 0.3) is 0 Å². The summed E-state index contributed by atoms with van der Waals surface area (Å²) in [5.41, 5.74) is 0. The molecule has 4 nitrogen and oxygen atoms in total. The molecule has 2 rings (SSSR count). The third kappa shape index (κ3) is 1.27. The van der Waals surface area contributed by atoms with Crippen molar-refractivity contribution in [2.45, 2.75) is 0 Å². The van der Waals surface area contributed by atoms with Crippen LogP contribution < -0.4 is 0 Å². The van der Waals surface area contributed by atoms with E-state index in [2.05, 4.69) is 10.2 Å². The normalized spacial score (nSPS) is 9.67. The summed E-state index contributed by atoms with van der Waals surface area (Å²) >= 11 is 0. The van der Waals surface area contributed by atoms with Crippen LogP contribution in [0.3, 0.4) is 0 Å². The van der Waals surface area contributed by atoms with Gasteiger partial charge in [0.05, 0.1) is 12.4 Å². The van der Waals surface area contributed by atoms with E-state index < -0.39 is 0 Å². The molecule has 12 heavy (non-hydrogen) atoms. The maximum Gasteiger partial charge on any atom is 0.0697 e. The molecule has 0 radical (unpaired) electrons. The van der Waals surface area contributed by atoms with Crippen molar-refractivity contribution in [1.29, 1.82) is 0 Å². The van der Waals surface area contributed by atoms with Crippen LogP contribution in [0.15, 0.2) is 49.1 Å². The minimum Gasteiger partial charge on any atom is -0.159 e.